The summed E-state index contributed by atoms with van der Waals surface area (Å²) in [4.78, 5) is 2.47. The van der Waals surface area contributed by atoms with Crippen LogP contribution in [0.25, 0.3) is 94.6 Å². The predicted octanol–water partition coefficient (Wildman–Crippen LogP) is 16.2. The number of hydrogen-bond acceptors (Lipinski definition) is 3. The Hall–Kier alpha value is -6.52. The van der Waals surface area contributed by atoms with Crippen LogP contribution in [0, 0.1) is 0 Å². The Morgan fingerprint density at radius 2 is 0.727 bits per heavy atom. The summed E-state index contributed by atoms with van der Waals surface area (Å²) >= 11 is 3.74. The van der Waals surface area contributed by atoms with Crippen molar-refractivity contribution in [3.05, 3.63) is 188 Å². The van der Waals surface area contributed by atoms with Gasteiger partial charge < -0.3 is 4.90 Å². The maximum Gasteiger partial charge on any atom is 0.0540 e. The SMILES string of the molecule is c1ccc2c(c1)ccc1c3cccc(-c4ccc(N(c5ccc6c(c5)sc5ccccc56)c5ccc6c(c5)sc5ccccc56)c5ccccc45)c3ccc21. The third-order valence-corrected chi connectivity index (χ3v) is 13.7. The largest absolute Gasteiger partial charge is 0.310 e. The molecule has 2 heterocycles. The molecule has 0 aliphatic carbocycles. The van der Waals surface area contributed by atoms with Crippen LogP contribution in [0.4, 0.5) is 17.1 Å². The first-order valence-corrected chi connectivity index (χ1v) is 20.4. The van der Waals surface area contributed by atoms with E-state index in [1.54, 1.807) is 0 Å². The molecule has 10 aromatic carbocycles. The number of benzene rings is 10. The molecule has 0 saturated carbocycles. The van der Waals surface area contributed by atoms with Crippen molar-refractivity contribution in [3.63, 3.8) is 0 Å². The van der Waals surface area contributed by atoms with E-state index >= 15 is 0 Å². The van der Waals surface area contributed by atoms with E-state index in [1.807, 2.05) is 22.7 Å². The lowest BCUT2D eigenvalue weighted by atomic mass is 9.90. The minimum Gasteiger partial charge on any atom is -0.310 e. The number of anilines is 3. The number of rotatable bonds is 4. The number of nitrogens with zero attached hydrogens (tertiary/aromatic N) is 1. The summed E-state index contributed by atoms with van der Waals surface area (Å²) in [5.41, 5.74) is 5.96. The second kappa shape index (κ2) is 12.0. The van der Waals surface area contributed by atoms with Gasteiger partial charge in [0.25, 0.3) is 0 Å². The summed E-state index contributed by atoms with van der Waals surface area (Å²) in [6.07, 6.45) is 0. The first-order valence-electron chi connectivity index (χ1n) is 18.7. The van der Waals surface area contributed by atoms with Crippen LogP contribution in [0.2, 0.25) is 0 Å². The first kappa shape index (κ1) is 30.9. The lowest BCUT2D eigenvalue weighted by Gasteiger charge is -2.28. The van der Waals surface area contributed by atoms with Gasteiger partial charge in [0, 0.05) is 57.1 Å². The van der Waals surface area contributed by atoms with Gasteiger partial charge in [0.05, 0.1) is 5.69 Å². The monoisotopic (exact) mass is 733 g/mol. The molecule has 0 unspecified atom stereocenters. The van der Waals surface area contributed by atoms with Crippen molar-refractivity contribution >= 4 is 123 Å². The highest BCUT2D eigenvalue weighted by Crippen LogP contribution is 2.47. The molecule has 1 nitrogen and oxygen atoms in total. The van der Waals surface area contributed by atoms with Crippen molar-refractivity contribution in [2.24, 2.45) is 0 Å². The summed E-state index contributed by atoms with van der Waals surface area (Å²) in [5, 5.41) is 15.4. The van der Waals surface area contributed by atoms with Crippen LogP contribution in [-0.2, 0) is 0 Å². The molecule has 3 heteroatoms. The number of thiophene rings is 2. The van der Waals surface area contributed by atoms with Crippen LogP contribution in [0.15, 0.2) is 188 Å². The summed E-state index contributed by atoms with van der Waals surface area (Å²) in [7, 11) is 0. The average Bonchev–Trinajstić information content (AvgIpc) is 3.81. The minimum atomic E-state index is 1.15. The van der Waals surface area contributed by atoms with Gasteiger partial charge in [0.2, 0.25) is 0 Å². The van der Waals surface area contributed by atoms with Gasteiger partial charge >= 0.3 is 0 Å². The van der Waals surface area contributed by atoms with Gasteiger partial charge in [-0.05, 0) is 91.3 Å². The minimum absolute atomic E-state index is 1.15. The Morgan fingerprint density at radius 1 is 0.273 bits per heavy atom. The van der Waals surface area contributed by atoms with Crippen molar-refractivity contribution in [1.82, 2.24) is 0 Å². The second-order valence-electron chi connectivity index (χ2n) is 14.4. The van der Waals surface area contributed by atoms with E-state index in [2.05, 4.69) is 193 Å². The van der Waals surface area contributed by atoms with Gasteiger partial charge in [-0.2, -0.15) is 0 Å². The molecule has 55 heavy (non-hydrogen) atoms. The molecule has 256 valence electrons. The van der Waals surface area contributed by atoms with E-state index in [0.29, 0.717) is 0 Å². The van der Waals surface area contributed by atoms with Crippen LogP contribution in [0.1, 0.15) is 0 Å². The quantitative estimate of drug-likeness (QED) is 0.163. The van der Waals surface area contributed by atoms with E-state index in [-0.39, 0.29) is 0 Å². The summed E-state index contributed by atoms with van der Waals surface area (Å²) < 4.78 is 5.23. The maximum atomic E-state index is 2.47. The molecule has 0 bridgehead atoms. The fraction of sp³-hybridized carbons (Fsp3) is 0. The highest BCUT2D eigenvalue weighted by Gasteiger charge is 2.20. The Labute approximate surface area is 325 Å². The topological polar surface area (TPSA) is 3.24 Å². The Kier molecular flexibility index (Phi) is 6.74. The molecule has 0 amide bonds. The molecular weight excluding hydrogens is 703 g/mol. The zero-order chi connectivity index (χ0) is 36.0. The molecule has 0 saturated heterocycles. The molecule has 0 spiro atoms. The highest BCUT2D eigenvalue weighted by atomic mass is 32.1. The van der Waals surface area contributed by atoms with Crippen molar-refractivity contribution in [2.45, 2.75) is 0 Å². The van der Waals surface area contributed by atoms with E-state index < -0.39 is 0 Å². The van der Waals surface area contributed by atoms with Gasteiger partial charge in [-0.3, -0.25) is 0 Å². The van der Waals surface area contributed by atoms with E-state index in [9.17, 15) is 0 Å². The zero-order valence-corrected chi connectivity index (χ0v) is 31.3. The lowest BCUT2D eigenvalue weighted by Crippen LogP contribution is -2.10. The summed E-state index contributed by atoms with van der Waals surface area (Å²) in [6, 6.07) is 69.9. The number of hydrogen-bond donors (Lipinski definition) is 0. The van der Waals surface area contributed by atoms with Crippen molar-refractivity contribution in [2.75, 3.05) is 4.90 Å². The Balaban J connectivity index is 1.09. The molecule has 0 aliphatic rings. The van der Waals surface area contributed by atoms with Crippen molar-refractivity contribution < 1.29 is 0 Å². The second-order valence-corrected chi connectivity index (χ2v) is 16.6. The van der Waals surface area contributed by atoms with Crippen molar-refractivity contribution in [1.29, 1.82) is 0 Å². The fourth-order valence-corrected chi connectivity index (χ4v) is 11.2. The molecule has 2 aromatic heterocycles. The van der Waals surface area contributed by atoms with Crippen molar-refractivity contribution in [3.8, 4) is 11.1 Å². The molecule has 0 aliphatic heterocycles. The standard InChI is InChI=1S/C52H31NS2/c1-2-11-35-32(10-1)20-23-40-36-16-9-17-37(41(36)27-26-39(35)40)42-28-29-48(43-13-4-3-12-38(42)43)53(33-21-24-46-44-14-5-7-18-49(44)54-51(46)30-33)34-22-25-47-45-15-6-8-19-50(45)55-52(47)31-34/h1-31H. The molecule has 0 fully saturated rings. The fourth-order valence-electron chi connectivity index (χ4n) is 8.94. The van der Waals surface area contributed by atoms with Crippen LogP contribution in [-0.4, -0.2) is 0 Å². The Morgan fingerprint density at radius 3 is 1.44 bits per heavy atom. The zero-order valence-electron chi connectivity index (χ0n) is 29.7. The Bertz CT molecular complexity index is 3400. The molecule has 0 atom stereocenters. The smallest absolute Gasteiger partial charge is 0.0540 e. The molecule has 12 rings (SSSR count). The third kappa shape index (κ3) is 4.70. The van der Waals surface area contributed by atoms with E-state index in [1.165, 1.54) is 94.6 Å². The maximum absolute atomic E-state index is 2.47. The van der Waals surface area contributed by atoms with Crippen LogP contribution < -0.4 is 4.90 Å². The van der Waals surface area contributed by atoms with Gasteiger partial charge in [0.15, 0.2) is 0 Å². The third-order valence-electron chi connectivity index (χ3n) is 11.5. The lowest BCUT2D eigenvalue weighted by molar-refractivity contribution is 1.31. The van der Waals surface area contributed by atoms with Gasteiger partial charge in [-0.15, -0.1) is 22.7 Å². The first-order chi connectivity index (χ1) is 27.3. The predicted molar refractivity (Wildman–Crippen MR) is 242 cm³/mol. The summed E-state index contributed by atoms with van der Waals surface area (Å²) in [6.45, 7) is 0. The summed E-state index contributed by atoms with van der Waals surface area (Å²) in [5.74, 6) is 0. The van der Waals surface area contributed by atoms with Crippen LogP contribution in [0.5, 0.6) is 0 Å². The molecule has 0 radical (unpaired) electrons. The highest BCUT2D eigenvalue weighted by molar-refractivity contribution is 7.26. The average molecular weight is 734 g/mol. The molecule has 12 aromatic rings. The van der Waals surface area contributed by atoms with Gasteiger partial charge in [0.1, 0.15) is 0 Å². The van der Waals surface area contributed by atoms with Crippen LogP contribution >= 0.6 is 22.7 Å². The van der Waals surface area contributed by atoms with E-state index in [0.717, 1.165) is 17.1 Å². The van der Waals surface area contributed by atoms with E-state index in [4.69, 9.17) is 0 Å². The normalized spacial score (nSPS) is 12.0. The molecule has 0 N–H and O–H groups in total. The molecular formula is C52H31NS2. The number of fused-ring (bicyclic) bond motifs is 12. The van der Waals surface area contributed by atoms with Gasteiger partial charge in [-0.25, -0.2) is 0 Å². The van der Waals surface area contributed by atoms with Crippen LogP contribution in [0.3, 0.4) is 0 Å². The van der Waals surface area contributed by atoms with Gasteiger partial charge in [-0.1, -0.05) is 146 Å².